The van der Waals surface area contributed by atoms with Crippen molar-refractivity contribution in [1.29, 1.82) is 0 Å². The van der Waals surface area contributed by atoms with Crippen molar-refractivity contribution in [1.82, 2.24) is 10.0 Å². The van der Waals surface area contributed by atoms with Gasteiger partial charge in [-0.1, -0.05) is 6.92 Å². The van der Waals surface area contributed by atoms with Gasteiger partial charge < -0.3 is 10.1 Å². The molecule has 2 N–H and O–H groups in total. The van der Waals surface area contributed by atoms with E-state index in [0.717, 1.165) is 0 Å². The molecule has 0 radical (unpaired) electrons. The summed E-state index contributed by atoms with van der Waals surface area (Å²) in [5, 5.41) is 2.42. The summed E-state index contributed by atoms with van der Waals surface area (Å²) >= 11 is 0. The van der Waals surface area contributed by atoms with Crippen molar-refractivity contribution in [3.8, 4) is 0 Å². The average molecular weight is 238 g/mol. The molecule has 0 aromatic rings. The second kappa shape index (κ2) is 7.16. The van der Waals surface area contributed by atoms with Crippen molar-refractivity contribution < 1.29 is 13.2 Å². The first-order valence-electron chi connectivity index (χ1n) is 5.06. The Bertz CT molecular complexity index is 254. The Morgan fingerprint density at radius 1 is 1.27 bits per heavy atom. The number of hydrogen-bond donors (Lipinski definition) is 2. The molecule has 92 valence electrons. The number of methoxy groups -OCH3 is 1. The Morgan fingerprint density at radius 3 is 2.33 bits per heavy atom. The van der Waals surface area contributed by atoms with Crippen molar-refractivity contribution in [2.45, 2.75) is 19.1 Å². The number of hydrogen-bond acceptors (Lipinski definition) is 4. The lowest BCUT2D eigenvalue weighted by molar-refractivity contribution is 0.161. The van der Waals surface area contributed by atoms with Gasteiger partial charge >= 0.3 is 0 Å². The van der Waals surface area contributed by atoms with Gasteiger partial charge in [0.05, 0.1) is 5.25 Å². The minimum absolute atomic E-state index is 0.187. The summed E-state index contributed by atoms with van der Waals surface area (Å²) in [6.45, 7) is 5.05. The molecule has 0 aliphatic rings. The van der Waals surface area contributed by atoms with Crippen LogP contribution in [0.4, 0.5) is 0 Å². The standard InChI is InChI=1S/C9H22N2O3S/c1-8(7-14-4)5-11-15(12,13)9(2)6-10-3/h8-11H,5-7H2,1-4H3. The highest BCUT2D eigenvalue weighted by Crippen LogP contribution is 1.99. The van der Waals surface area contributed by atoms with Gasteiger partial charge in [0.2, 0.25) is 10.0 Å². The van der Waals surface area contributed by atoms with E-state index in [2.05, 4.69) is 10.0 Å². The summed E-state index contributed by atoms with van der Waals surface area (Å²) in [4.78, 5) is 0. The van der Waals surface area contributed by atoms with Crippen LogP contribution in [0, 0.1) is 5.92 Å². The highest BCUT2D eigenvalue weighted by Gasteiger charge is 2.19. The number of nitrogens with one attached hydrogen (secondary N) is 2. The minimum Gasteiger partial charge on any atom is -0.384 e. The summed E-state index contributed by atoms with van der Waals surface area (Å²) in [5.41, 5.74) is 0. The van der Waals surface area contributed by atoms with Crippen LogP contribution in [0.1, 0.15) is 13.8 Å². The second-order valence-corrected chi connectivity index (χ2v) is 6.01. The highest BCUT2D eigenvalue weighted by atomic mass is 32.2. The van der Waals surface area contributed by atoms with E-state index in [4.69, 9.17) is 4.74 Å². The lowest BCUT2D eigenvalue weighted by Crippen LogP contribution is -2.40. The van der Waals surface area contributed by atoms with Gasteiger partial charge in [0.25, 0.3) is 0 Å². The van der Waals surface area contributed by atoms with E-state index >= 15 is 0 Å². The Balaban J connectivity index is 4.04. The third kappa shape index (κ3) is 6.09. The van der Waals surface area contributed by atoms with Crippen LogP contribution in [-0.4, -0.2) is 47.5 Å². The molecule has 0 aromatic heterocycles. The van der Waals surface area contributed by atoms with E-state index in [0.29, 0.717) is 19.7 Å². The Morgan fingerprint density at radius 2 is 1.87 bits per heavy atom. The Labute approximate surface area is 92.6 Å². The number of sulfonamides is 1. The average Bonchev–Trinajstić information content (AvgIpc) is 2.16. The molecule has 0 bridgehead atoms. The molecule has 5 nitrogen and oxygen atoms in total. The number of rotatable bonds is 8. The van der Waals surface area contributed by atoms with Gasteiger partial charge in [-0.3, -0.25) is 0 Å². The molecule has 0 heterocycles. The predicted octanol–water partition coefficient (Wildman–Crippen LogP) is -0.204. The van der Waals surface area contributed by atoms with Crippen LogP contribution < -0.4 is 10.0 Å². The lowest BCUT2D eigenvalue weighted by atomic mass is 10.2. The molecule has 0 saturated carbocycles. The summed E-state index contributed by atoms with van der Waals surface area (Å²) in [6.07, 6.45) is 0. The minimum atomic E-state index is -3.20. The van der Waals surface area contributed by atoms with Crippen LogP contribution in [0.2, 0.25) is 0 Å². The quantitative estimate of drug-likeness (QED) is 0.614. The smallest absolute Gasteiger partial charge is 0.215 e. The van der Waals surface area contributed by atoms with Gasteiger partial charge in [0, 0.05) is 26.8 Å². The second-order valence-electron chi connectivity index (χ2n) is 3.82. The monoisotopic (exact) mass is 238 g/mol. The topological polar surface area (TPSA) is 67.4 Å². The van der Waals surface area contributed by atoms with E-state index in [-0.39, 0.29) is 5.92 Å². The van der Waals surface area contributed by atoms with Crippen LogP contribution in [0.3, 0.4) is 0 Å². The molecule has 0 rings (SSSR count). The molecular formula is C9H22N2O3S. The molecule has 15 heavy (non-hydrogen) atoms. The fraction of sp³-hybridized carbons (Fsp3) is 1.00. The van der Waals surface area contributed by atoms with Crippen molar-refractivity contribution in [2.24, 2.45) is 5.92 Å². The maximum atomic E-state index is 11.6. The maximum absolute atomic E-state index is 11.6. The third-order valence-electron chi connectivity index (χ3n) is 2.11. The van der Waals surface area contributed by atoms with Gasteiger partial charge in [-0.15, -0.1) is 0 Å². The molecule has 0 aliphatic carbocycles. The highest BCUT2D eigenvalue weighted by molar-refractivity contribution is 7.90. The summed E-state index contributed by atoms with van der Waals surface area (Å²) in [6, 6.07) is 0. The zero-order chi connectivity index (χ0) is 11.9. The molecule has 0 aromatic carbocycles. The van der Waals surface area contributed by atoms with Gasteiger partial charge in [-0.05, 0) is 19.9 Å². The first-order valence-corrected chi connectivity index (χ1v) is 6.60. The fourth-order valence-corrected chi connectivity index (χ4v) is 2.33. The van der Waals surface area contributed by atoms with Crippen molar-refractivity contribution >= 4 is 10.0 Å². The van der Waals surface area contributed by atoms with Crippen molar-refractivity contribution in [2.75, 3.05) is 33.9 Å². The first kappa shape index (κ1) is 14.8. The van der Waals surface area contributed by atoms with Gasteiger partial charge in [0.15, 0.2) is 0 Å². The molecule has 2 atom stereocenters. The van der Waals surface area contributed by atoms with E-state index < -0.39 is 15.3 Å². The Kier molecular flexibility index (Phi) is 7.08. The van der Waals surface area contributed by atoms with E-state index in [1.807, 2.05) is 6.92 Å². The Hall–Kier alpha value is -0.170. The van der Waals surface area contributed by atoms with Gasteiger partial charge in [0.1, 0.15) is 0 Å². The number of ether oxygens (including phenoxy) is 1. The van der Waals surface area contributed by atoms with Crippen molar-refractivity contribution in [3.05, 3.63) is 0 Å². The maximum Gasteiger partial charge on any atom is 0.215 e. The van der Waals surface area contributed by atoms with Crippen LogP contribution in [0.25, 0.3) is 0 Å². The van der Waals surface area contributed by atoms with Crippen LogP contribution >= 0.6 is 0 Å². The largest absolute Gasteiger partial charge is 0.384 e. The van der Waals surface area contributed by atoms with Crippen LogP contribution in [-0.2, 0) is 14.8 Å². The molecule has 0 aliphatic heterocycles. The van der Waals surface area contributed by atoms with E-state index in [1.54, 1.807) is 21.1 Å². The molecule has 0 fully saturated rings. The SMILES string of the molecule is CNCC(C)S(=O)(=O)NCC(C)COC. The molecule has 2 unspecified atom stereocenters. The fourth-order valence-electron chi connectivity index (χ4n) is 1.14. The van der Waals surface area contributed by atoms with Crippen LogP contribution in [0.5, 0.6) is 0 Å². The van der Waals surface area contributed by atoms with E-state index in [1.165, 1.54) is 0 Å². The van der Waals surface area contributed by atoms with Crippen molar-refractivity contribution in [3.63, 3.8) is 0 Å². The molecule has 0 saturated heterocycles. The molecule has 0 amide bonds. The summed E-state index contributed by atoms with van der Waals surface area (Å²) < 4.78 is 30.8. The normalized spacial score (nSPS) is 16.3. The summed E-state index contributed by atoms with van der Waals surface area (Å²) in [7, 11) is 0.138. The lowest BCUT2D eigenvalue weighted by Gasteiger charge is -2.16. The predicted molar refractivity (Wildman–Crippen MR) is 61.4 cm³/mol. The molecule has 0 spiro atoms. The van der Waals surface area contributed by atoms with Gasteiger partial charge in [-0.25, -0.2) is 13.1 Å². The zero-order valence-corrected chi connectivity index (χ0v) is 10.7. The molecular weight excluding hydrogens is 216 g/mol. The molecule has 6 heteroatoms. The first-order chi connectivity index (χ1) is 6.94. The van der Waals surface area contributed by atoms with Gasteiger partial charge in [-0.2, -0.15) is 0 Å². The summed E-state index contributed by atoms with van der Waals surface area (Å²) in [5.74, 6) is 0.187. The van der Waals surface area contributed by atoms with Crippen LogP contribution in [0.15, 0.2) is 0 Å². The van der Waals surface area contributed by atoms with E-state index in [9.17, 15) is 8.42 Å². The zero-order valence-electron chi connectivity index (χ0n) is 9.91. The third-order valence-corrected chi connectivity index (χ3v) is 3.90.